The maximum absolute atomic E-state index is 12.4. The van der Waals surface area contributed by atoms with Gasteiger partial charge in [0.05, 0.1) is 0 Å². The molecule has 0 saturated heterocycles. The molecular formula is C15H13NO5S. The number of carbonyl (C=O) groups is 4. The average Bonchev–Trinajstić information content (AvgIpc) is 3.29. The summed E-state index contributed by atoms with van der Waals surface area (Å²) in [7, 11) is 0. The predicted octanol–water partition coefficient (Wildman–Crippen LogP) is 1.20. The van der Waals surface area contributed by atoms with E-state index in [1.54, 1.807) is 6.07 Å². The molecule has 2 N–H and O–H groups in total. The van der Waals surface area contributed by atoms with Gasteiger partial charge in [0.1, 0.15) is 6.54 Å². The number of carbonyl (C=O) groups excluding carboxylic acids is 3. The summed E-state index contributed by atoms with van der Waals surface area (Å²) in [6.07, 6.45) is 2.23. The number of Topliss-reactive ketones (excluding diaryl/α,β-unsaturated/α-hetero) is 1. The van der Waals surface area contributed by atoms with Crippen LogP contribution in [0.25, 0.3) is 0 Å². The first kappa shape index (κ1) is 14.8. The molecule has 2 aliphatic rings. The van der Waals surface area contributed by atoms with Gasteiger partial charge in [0.15, 0.2) is 11.7 Å². The fourth-order valence-electron chi connectivity index (χ4n) is 2.42. The van der Waals surface area contributed by atoms with Gasteiger partial charge in [-0.15, -0.1) is 0 Å². The SMILES string of the molecule is O=C(O)CNC(=O)C1C(=O)Sc2cc(C3CC3)ccc2C1=O. The second kappa shape index (κ2) is 5.57. The second-order valence-corrected chi connectivity index (χ2v) is 6.41. The number of carboxylic acids is 1. The number of thioether (sulfide) groups is 1. The van der Waals surface area contributed by atoms with Crippen LogP contribution in [0.4, 0.5) is 0 Å². The van der Waals surface area contributed by atoms with Gasteiger partial charge in [-0.3, -0.25) is 19.2 Å². The molecule has 1 unspecified atom stereocenters. The molecule has 1 fully saturated rings. The summed E-state index contributed by atoms with van der Waals surface area (Å²) in [5.74, 6) is -3.62. The lowest BCUT2D eigenvalue weighted by molar-refractivity contribution is -0.139. The van der Waals surface area contributed by atoms with Crippen molar-refractivity contribution in [3.8, 4) is 0 Å². The maximum Gasteiger partial charge on any atom is 0.322 e. The van der Waals surface area contributed by atoms with Crippen molar-refractivity contribution in [2.45, 2.75) is 23.7 Å². The third-order valence-corrected chi connectivity index (χ3v) is 4.70. The molecule has 1 aliphatic carbocycles. The molecule has 0 radical (unpaired) electrons. The molecule has 114 valence electrons. The Labute approximate surface area is 130 Å². The van der Waals surface area contributed by atoms with Gasteiger partial charge in [-0.25, -0.2) is 0 Å². The van der Waals surface area contributed by atoms with E-state index in [1.807, 2.05) is 12.1 Å². The predicted molar refractivity (Wildman–Crippen MR) is 77.7 cm³/mol. The molecule has 1 heterocycles. The second-order valence-electron chi connectivity index (χ2n) is 5.36. The zero-order valence-electron chi connectivity index (χ0n) is 11.5. The van der Waals surface area contributed by atoms with Crippen molar-refractivity contribution in [3.63, 3.8) is 0 Å². The number of nitrogens with one attached hydrogen (secondary N) is 1. The molecule has 0 aromatic heterocycles. The highest BCUT2D eigenvalue weighted by Crippen LogP contribution is 2.43. The summed E-state index contributed by atoms with van der Waals surface area (Å²) >= 11 is 0.878. The maximum atomic E-state index is 12.4. The van der Waals surface area contributed by atoms with Crippen LogP contribution in [0, 0.1) is 5.92 Å². The van der Waals surface area contributed by atoms with Gasteiger partial charge in [0, 0.05) is 10.5 Å². The number of hydrogen-bond acceptors (Lipinski definition) is 5. The number of benzene rings is 1. The number of aliphatic carboxylic acids is 1. The molecule has 7 heteroatoms. The van der Waals surface area contributed by atoms with Gasteiger partial charge >= 0.3 is 5.97 Å². The summed E-state index contributed by atoms with van der Waals surface area (Å²) in [6, 6.07) is 5.36. The van der Waals surface area contributed by atoms with E-state index < -0.39 is 35.2 Å². The number of carboxylic acid groups (broad SMARTS) is 1. The molecule has 3 rings (SSSR count). The summed E-state index contributed by atoms with van der Waals surface area (Å²) < 4.78 is 0. The van der Waals surface area contributed by atoms with Crippen molar-refractivity contribution < 1.29 is 24.3 Å². The number of fused-ring (bicyclic) bond motifs is 1. The van der Waals surface area contributed by atoms with Crippen LogP contribution in [0.3, 0.4) is 0 Å². The largest absolute Gasteiger partial charge is 0.480 e. The normalized spacial score (nSPS) is 20.5. The van der Waals surface area contributed by atoms with Crippen LogP contribution in [-0.4, -0.2) is 34.4 Å². The topological polar surface area (TPSA) is 101 Å². The monoisotopic (exact) mass is 319 g/mol. The standard InChI is InChI=1S/C15H13NO5S/c17-11(18)6-16-14(20)12-13(19)9-4-3-8(7-1-2-7)5-10(9)22-15(12)21/h3-5,7,12H,1-2,6H2,(H,16,20)(H,17,18). The van der Waals surface area contributed by atoms with Crippen LogP contribution < -0.4 is 5.32 Å². The lowest BCUT2D eigenvalue weighted by Gasteiger charge is -2.21. The van der Waals surface area contributed by atoms with E-state index in [0.29, 0.717) is 16.4 Å². The van der Waals surface area contributed by atoms with E-state index in [2.05, 4.69) is 5.32 Å². The summed E-state index contributed by atoms with van der Waals surface area (Å²) in [5.41, 5.74) is 1.46. The quantitative estimate of drug-likeness (QED) is 0.809. The highest BCUT2D eigenvalue weighted by Gasteiger charge is 2.40. The Morgan fingerprint density at radius 1 is 1.27 bits per heavy atom. The van der Waals surface area contributed by atoms with Crippen molar-refractivity contribution in [3.05, 3.63) is 29.3 Å². The fraction of sp³-hybridized carbons (Fsp3) is 0.333. The Bertz CT molecular complexity index is 695. The Kier molecular flexibility index (Phi) is 3.74. The third-order valence-electron chi connectivity index (χ3n) is 3.70. The molecule has 1 aliphatic heterocycles. The van der Waals surface area contributed by atoms with E-state index in [1.165, 1.54) is 0 Å². The molecule has 6 nitrogen and oxygen atoms in total. The summed E-state index contributed by atoms with van der Waals surface area (Å²) in [6.45, 7) is -0.617. The minimum absolute atomic E-state index is 0.351. The van der Waals surface area contributed by atoms with Gasteiger partial charge < -0.3 is 10.4 Å². The smallest absolute Gasteiger partial charge is 0.322 e. The Balaban J connectivity index is 1.84. The minimum atomic E-state index is -1.47. The van der Waals surface area contributed by atoms with Crippen molar-refractivity contribution >= 4 is 34.5 Å². The van der Waals surface area contributed by atoms with Crippen LogP contribution in [0.1, 0.15) is 34.7 Å². The summed E-state index contributed by atoms with van der Waals surface area (Å²) in [5, 5.41) is 10.1. The molecule has 1 atom stereocenters. The number of rotatable bonds is 4. The molecule has 1 saturated carbocycles. The third kappa shape index (κ3) is 2.76. The van der Waals surface area contributed by atoms with Crippen LogP contribution in [-0.2, 0) is 14.4 Å². The van der Waals surface area contributed by atoms with E-state index in [0.717, 1.165) is 30.2 Å². The lowest BCUT2D eigenvalue weighted by Crippen LogP contribution is -2.42. The number of amides is 1. The van der Waals surface area contributed by atoms with Gasteiger partial charge in [-0.2, -0.15) is 0 Å². The Morgan fingerprint density at radius 2 is 2.00 bits per heavy atom. The lowest BCUT2D eigenvalue weighted by atomic mass is 9.95. The van der Waals surface area contributed by atoms with E-state index >= 15 is 0 Å². The van der Waals surface area contributed by atoms with E-state index in [4.69, 9.17) is 5.11 Å². The first-order valence-corrected chi connectivity index (χ1v) is 7.68. The van der Waals surface area contributed by atoms with E-state index in [-0.39, 0.29) is 0 Å². The zero-order valence-corrected chi connectivity index (χ0v) is 12.3. The van der Waals surface area contributed by atoms with E-state index in [9.17, 15) is 19.2 Å². The first-order valence-electron chi connectivity index (χ1n) is 6.86. The number of hydrogen-bond donors (Lipinski definition) is 2. The Hall–Kier alpha value is -2.15. The average molecular weight is 319 g/mol. The van der Waals surface area contributed by atoms with Gasteiger partial charge in [0.25, 0.3) is 0 Å². The molecule has 0 spiro atoms. The molecule has 0 bridgehead atoms. The number of ketones is 1. The Morgan fingerprint density at radius 3 is 2.64 bits per heavy atom. The first-order chi connectivity index (χ1) is 10.5. The molecule has 1 aromatic rings. The minimum Gasteiger partial charge on any atom is -0.480 e. The fourth-order valence-corrected chi connectivity index (χ4v) is 3.44. The molecule has 1 aromatic carbocycles. The van der Waals surface area contributed by atoms with Crippen LogP contribution in [0.2, 0.25) is 0 Å². The zero-order chi connectivity index (χ0) is 15.9. The van der Waals surface area contributed by atoms with Crippen molar-refractivity contribution in [2.75, 3.05) is 6.54 Å². The summed E-state index contributed by atoms with van der Waals surface area (Å²) in [4.78, 5) is 47.4. The van der Waals surface area contributed by atoms with Crippen molar-refractivity contribution in [1.82, 2.24) is 5.32 Å². The highest BCUT2D eigenvalue weighted by molar-refractivity contribution is 8.14. The molecule has 1 amide bonds. The van der Waals surface area contributed by atoms with Gasteiger partial charge in [-0.1, -0.05) is 6.07 Å². The van der Waals surface area contributed by atoms with Crippen LogP contribution in [0.15, 0.2) is 23.1 Å². The highest BCUT2D eigenvalue weighted by atomic mass is 32.2. The van der Waals surface area contributed by atoms with Gasteiger partial charge in [0.2, 0.25) is 11.0 Å². The van der Waals surface area contributed by atoms with Crippen LogP contribution in [0.5, 0.6) is 0 Å². The van der Waals surface area contributed by atoms with Crippen LogP contribution >= 0.6 is 11.8 Å². The van der Waals surface area contributed by atoms with Crippen molar-refractivity contribution in [1.29, 1.82) is 0 Å². The molecule has 22 heavy (non-hydrogen) atoms. The molecular weight excluding hydrogens is 306 g/mol. The van der Waals surface area contributed by atoms with Crippen molar-refractivity contribution in [2.24, 2.45) is 5.92 Å². The van der Waals surface area contributed by atoms with Gasteiger partial charge in [-0.05, 0) is 48.2 Å².